The molecule has 0 amide bonds. The number of hydrogen-bond acceptors (Lipinski definition) is 3. The quantitative estimate of drug-likeness (QED) is 0.865. The van der Waals surface area contributed by atoms with Crippen molar-refractivity contribution < 1.29 is 4.74 Å². The number of ether oxygens (including phenoxy) is 1. The van der Waals surface area contributed by atoms with Gasteiger partial charge in [-0.3, -0.25) is 0 Å². The standard InChI is InChI=1S/C12H11Br2NOS/c1-16-10-6-7(13)2-3-8(10)11(15)12-9(14)4-5-17-12/h2-6,11H,15H2,1H3. The minimum absolute atomic E-state index is 0.174. The van der Waals surface area contributed by atoms with Gasteiger partial charge >= 0.3 is 0 Å². The first kappa shape index (κ1) is 13.1. The van der Waals surface area contributed by atoms with Gasteiger partial charge in [0.05, 0.1) is 13.2 Å². The lowest BCUT2D eigenvalue weighted by atomic mass is 10.1. The molecule has 0 saturated heterocycles. The second-order valence-electron chi connectivity index (χ2n) is 3.50. The zero-order chi connectivity index (χ0) is 12.4. The van der Waals surface area contributed by atoms with Gasteiger partial charge in [-0.1, -0.05) is 22.0 Å². The highest BCUT2D eigenvalue weighted by molar-refractivity contribution is 9.10. The smallest absolute Gasteiger partial charge is 0.125 e. The Morgan fingerprint density at radius 2 is 2.06 bits per heavy atom. The van der Waals surface area contributed by atoms with E-state index in [4.69, 9.17) is 10.5 Å². The van der Waals surface area contributed by atoms with Crippen molar-refractivity contribution in [1.82, 2.24) is 0 Å². The molecule has 0 aliphatic heterocycles. The number of hydrogen-bond donors (Lipinski definition) is 1. The molecule has 2 nitrogen and oxygen atoms in total. The van der Waals surface area contributed by atoms with Crippen LogP contribution in [0.2, 0.25) is 0 Å². The zero-order valence-electron chi connectivity index (χ0n) is 9.11. The molecule has 5 heteroatoms. The summed E-state index contributed by atoms with van der Waals surface area (Å²) in [4.78, 5) is 1.10. The Hall–Kier alpha value is -0.360. The lowest BCUT2D eigenvalue weighted by Gasteiger charge is -2.15. The van der Waals surface area contributed by atoms with Crippen LogP contribution in [0.4, 0.5) is 0 Å². The van der Waals surface area contributed by atoms with E-state index in [0.29, 0.717) is 0 Å². The van der Waals surface area contributed by atoms with Crippen molar-refractivity contribution in [1.29, 1.82) is 0 Å². The van der Waals surface area contributed by atoms with Crippen LogP contribution < -0.4 is 10.5 Å². The summed E-state index contributed by atoms with van der Waals surface area (Å²) in [5.74, 6) is 0.798. The van der Waals surface area contributed by atoms with Gasteiger partial charge in [0.2, 0.25) is 0 Å². The maximum Gasteiger partial charge on any atom is 0.125 e. The minimum Gasteiger partial charge on any atom is -0.496 e. The second kappa shape index (κ2) is 5.52. The Bertz CT molecular complexity index is 527. The molecule has 1 heterocycles. The first-order valence-electron chi connectivity index (χ1n) is 4.95. The van der Waals surface area contributed by atoms with Gasteiger partial charge in [-0.05, 0) is 39.5 Å². The van der Waals surface area contributed by atoms with E-state index < -0.39 is 0 Å². The van der Waals surface area contributed by atoms with Crippen molar-refractivity contribution in [2.45, 2.75) is 6.04 Å². The molecular weight excluding hydrogens is 366 g/mol. The molecule has 0 fully saturated rings. The SMILES string of the molecule is COc1cc(Br)ccc1C(N)c1sccc1Br. The Labute approximate surface area is 121 Å². The van der Waals surface area contributed by atoms with E-state index in [1.165, 1.54) is 0 Å². The predicted octanol–water partition coefficient (Wildman–Crippen LogP) is 4.33. The molecule has 17 heavy (non-hydrogen) atoms. The molecular formula is C12H11Br2NOS. The van der Waals surface area contributed by atoms with Crippen molar-refractivity contribution in [2.24, 2.45) is 5.73 Å². The lowest BCUT2D eigenvalue weighted by molar-refractivity contribution is 0.407. The molecule has 0 aliphatic carbocycles. The molecule has 0 saturated carbocycles. The Morgan fingerprint density at radius 1 is 1.29 bits per heavy atom. The maximum atomic E-state index is 6.27. The lowest BCUT2D eigenvalue weighted by Crippen LogP contribution is -2.12. The normalized spacial score (nSPS) is 12.5. The first-order valence-corrected chi connectivity index (χ1v) is 7.42. The second-order valence-corrected chi connectivity index (χ2v) is 6.21. The van der Waals surface area contributed by atoms with Gasteiger partial charge in [-0.2, -0.15) is 0 Å². The van der Waals surface area contributed by atoms with Crippen molar-refractivity contribution in [3.05, 3.63) is 49.0 Å². The van der Waals surface area contributed by atoms with Gasteiger partial charge in [0.1, 0.15) is 5.75 Å². The van der Waals surface area contributed by atoms with Crippen LogP contribution in [-0.2, 0) is 0 Å². The Kier molecular flexibility index (Phi) is 4.25. The fourth-order valence-corrected chi connectivity index (χ4v) is 3.59. The summed E-state index contributed by atoms with van der Waals surface area (Å²) in [6, 6.07) is 7.72. The third kappa shape index (κ3) is 2.73. The topological polar surface area (TPSA) is 35.2 Å². The molecule has 0 radical (unpaired) electrons. The van der Waals surface area contributed by atoms with Gasteiger partial charge in [0.25, 0.3) is 0 Å². The molecule has 2 rings (SSSR count). The number of benzene rings is 1. The highest BCUT2D eigenvalue weighted by Crippen LogP contribution is 2.36. The molecule has 0 aliphatic rings. The summed E-state index contributed by atoms with van der Waals surface area (Å²) in [6.07, 6.45) is 0. The molecule has 1 atom stereocenters. The average Bonchev–Trinajstić information content (AvgIpc) is 2.74. The molecule has 1 unspecified atom stereocenters. The first-order chi connectivity index (χ1) is 8.13. The monoisotopic (exact) mass is 375 g/mol. The van der Waals surface area contributed by atoms with E-state index in [1.807, 2.05) is 29.6 Å². The molecule has 0 spiro atoms. The molecule has 0 bridgehead atoms. The molecule has 2 aromatic rings. The van der Waals surface area contributed by atoms with Crippen molar-refractivity contribution in [3.63, 3.8) is 0 Å². The Morgan fingerprint density at radius 3 is 2.65 bits per heavy atom. The van der Waals surface area contributed by atoms with Crippen LogP contribution in [-0.4, -0.2) is 7.11 Å². The molecule has 2 N–H and O–H groups in total. The number of nitrogens with two attached hydrogens (primary N) is 1. The van der Waals surface area contributed by atoms with Gasteiger partial charge < -0.3 is 10.5 Å². The summed E-state index contributed by atoms with van der Waals surface area (Å²) in [6.45, 7) is 0. The summed E-state index contributed by atoms with van der Waals surface area (Å²) >= 11 is 8.56. The highest BCUT2D eigenvalue weighted by Gasteiger charge is 2.17. The van der Waals surface area contributed by atoms with E-state index >= 15 is 0 Å². The van der Waals surface area contributed by atoms with Gasteiger partial charge in [-0.15, -0.1) is 11.3 Å². The summed E-state index contributed by atoms with van der Waals surface area (Å²) in [5.41, 5.74) is 7.26. The summed E-state index contributed by atoms with van der Waals surface area (Å²) in [5, 5.41) is 2.02. The van der Waals surface area contributed by atoms with E-state index in [1.54, 1.807) is 18.4 Å². The fourth-order valence-electron chi connectivity index (χ4n) is 1.61. The van der Waals surface area contributed by atoms with Gasteiger partial charge in [0, 0.05) is 19.4 Å². The van der Waals surface area contributed by atoms with Crippen LogP contribution in [0.1, 0.15) is 16.5 Å². The number of rotatable bonds is 3. The van der Waals surface area contributed by atoms with Crippen LogP contribution in [0, 0.1) is 0 Å². The predicted molar refractivity (Wildman–Crippen MR) is 78.7 cm³/mol. The van der Waals surface area contributed by atoms with Crippen LogP contribution in [0.3, 0.4) is 0 Å². The van der Waals surface area contributed by atoms with Crippen molar-refractivity contribution in [2.75, 3.05) is 7.11 Å². The fraction of sp³-hybridized carbons (Fsp3) is 0.167. The van der Waals surface area contributed by atoms with E-state index in [9.17, 15) is 0 Å². The third-order valence-corrected chi connectivity index (χ3v) is 4.90. The average molecular weight is 377 g/mol. The summed E-state index contributed by atoms with van der Waals surface area (Å²) < 4.78 is 7.39. The van der Waals surface area contributed by atoms with E-state index in [2.05, 4.69) is 31.9 Å². The van der Waals surface area contributed by atoms with Crippen LogP contribution in [0.15, 0.2) is 38.6 Å². The van der Waals surface area contributed by atoms with Crippen LogP contribution in [0.25, 0.3) is 0 Å². The number of methoxy groups -OCH3 is 1. The largest absolute Gasteiger partial charge is 0.496 e. The maximum absolute atomic E-state index is 6.27. The third-order valence-electron chi connectivity index (χ3n) is 2.46. The molecule has 1 aromatic carbocycles. The molecule has 90 valence electrons. The highest BCUT2D eigenvalue weighted by atomic mass is 79.9. The zero-order valence-corrected chi connectivity index (χ0v) is 13.1. The van der Waals surface area contributed by atoms with Gasteiger partial charge in [-0.25, -0.2) is 0 Å². The van der Waals surface area contributed by atoms with Crippen molar-refractivity contribution in [3.8, 4) is 5.75 Å². The van der Waals surface area contributed by atoms with Crippen molar-refractivity contribution >= 4 is 43.2 Å². The van der Waals surface area contributed by atoms with Crippen LogP contribution >= 0.6 is 43.2 Å². The van der Waals surface area contributed by atoms with E-state index in [-0.39, 0.29) is 6.04 Å². The van der Waals surface area contributed by atoms with E-state index in [0.717, 1.165) is 25.1 Å². The Balaban J connectivity index is 2.44. The molecule has 1 aromatic heterocycles. The number of halogens is 2. The minimum atomic E-state index is -0.174. The van der Waals surface area contributed by atoms with Gasteiger partial charge in [0.15, 0.2) is 0 Å². The summed E-state index contributed by atoms with van der Waals surface area (Å²) in [7, 11) is 1.65. The number of thiophene rings is 1. The van der Waals surface area contributed by atoms with Crippen LogP contribution in [0.5, 0.6) is 5.75 Å².